The smallest absolute Gasteiger partial charge is 0.264 e. The molecule has 0 aliphatic rings. The molecule has 152 valence electrons. The van der Waals surface area contributed by atoms with Crippen molar-refractivity contribution in [1.29, 1.82) is 0 Å². The number of anilines is 1. The van der Waals surface area contributed by atoms with E-state index >= 15 is 0 Å². The average molecular weight is 465 g/mol. The van der Waals surface area contributed by atoms with Gasteiger partial charge >= 0.3 is 0 Å². The van der Waals surface area contributed by atoms with Crippen LogP contribution in [0.4, 0.5) is 10.1 Å². The molecule has 0 saturated heterocycles. The summed E-state index contributed by atoms with van der Waals surface area (Å²) in [6, 6.07) is 8.02. The van der Waals surface area contributed by atoms with E-state index < -0.39 is 20.7 Å². The summed E-state index contributed by atoms with van der Waals surface area (Å²) in [6.07, 6.45) is 0.301. The minimum atomic E-state index is -4.19. The summed E-state index contributed by atoms with van der Waals surface area (Å²) in [7, 11) is -2.47. The number of nitrogens with one attached hydrogen (secondary N) is 1. The highest BCUT2D eigenvalue weighted by atomic mass is 35.5. The zero-order chi connectivity index (χ0) is 20.9. The maximum Gasteiger partial charge on any atom is 0.264 e. The predicted molar refractivity (Wildman–Crippen MR) is 112 cm³/mol. The third-order valence-electron chi connectivity index (χ3n) is 3.84. The van der Waals surface area contributed by atoms with Gasteiger partial charge in [0.25, 0.3) is 10.0 Å². The Bertz CT molecular complexity index is 971. The molecule has 10 heteroatoms. The fourth-order valence-electron chi connectivity index (χ4n) is 2.22. The molecule has 0 bridgehead atoms. The number of carbonyl (C=O) groups is 1. The van der Waals surface area contributed by atoms with Gasteiger partial charge in [-0.15, -0.1) is 11.8 Å². The number of halogens is 3. The first-order valence-corrected chi connectivity index (χ1v) is 11.5. The molecule has 28 heavy (non-hydrogen) atoms. The summed E-state index contributed by atoms with van der Waals surface area (Å²) in [4.78, 5) is 13.6. The lowest BCUT2D eigenvalue weighted by atomic mass is 10.3. The van der Waals surface area contributed by atoms with E-state index in [1.807, 2.05) is 6.92 Å². The van der Waals surface area contributed by atoms with Crippen molar-refractivity contribution in [3.05, 3.63) is 52.3 Å². The van der Waals surface area contributed by atoms with Gasteiger partial charge in [-0.2, -0.15) is 0 Å². The van der Waals surface area contributed by atoms with E-state index in [1.54, 1.807) is 24.1 Å². The fraction of sp³-hybridized carbons (Fsp3) is 0.278. The van der Waals surface area contributed by atoms with Crippen molar-refractivity contribution < 1.29 is 17.6 Å². The second-order valence-corrected chi connectivity index (χ2v) is 9.49. The lowest BCUT2D eigenvalue weighted by Crippen LogP contribution is -2.26. The summed E-state index contributed by atoms with van der Waals surface area (Å²) in [5.74, 6) is -0.506. The lowest BCUT2D eigenvalue weighted by molar-refractivity contribution is -0.129. The third-order valence-corrected chi connectivity index (χ3v) is 6.79. The molecular formula is C18H19Cl2FN2O3S2. The molecule has 2 rings (SSSR count). The number of benzene rings is 2. The number of thioether (sulfide) groups is 1. The fourth-order valence-corrected chi connectivity index (χ4v) is 4.67. The first kappa shape index (κ1) is 22.8. The van der Waals surface area contributed by atoms with Crippen LogP contribution in [0.15, 0.2) is 46.2 Å². The highest BCUT2D eigenvalue weighted by Crippen LogP contribution is 2.32. The van der Waals surface area contributed by atoms with Crippen molar-refractivity contribution in [2.45, 2.75) is 23.1 Å². The van der Waals surface area contributed by atoms with Crippen LogP contribution in [-0.2, 0) is 14.8 Å². The minimum absolute atomic E-state index is 0.00525. The molecule has 0 spiro atoms. The molecule has 0 fully saturated rings. The van der Waals surface area contributed by atoms with Crippen molar-refractivity contribution in [2.24, 2.45) is 0 Å². The molecule has 0 radical (unpaired) electrons. The van der Waals surface area contributed by atoms with Crippen molar-refractivity contribution in [3.63, 3.8) is 0 Å². The Kier molecular flexibility index (Phi) is 8.00. The van der Waals surface area contributed by atoms with Crippen molar-refractivity contribution in [1.82, 2.24) is 4.90 Å². The quantitative estimate of drug-likeness (QED) is 0.564. The van der Waals surface area contributed by atoms with Crippen LogP contribution in [0.5, 0.6) is 0 Å². The van der Waals surface area contributed by atoms with Crippen LogP contribution in [0.3, 0.4) is 0 Å². The number of sulfonamides is 1. The van der Waals surface area contributed by atoms with Crippen LogP contribution in [0.1, 0.15) is 13.3 Å². The Morgan fingerprint density at radius 3 is 2.46 bits per heavy atom. The highest BCUT2D eigenvalue weighted by Gasteiger charge is 2.21. The van der Waals surface area contributed by atoms with Gasteiger partial charge in [0.1, 0.15) is 10.7 Å². The number of carbonyl (C=O) groups excluding carboxylic acids is 1. The van der Waals surface area contributed by atoms with Crippen LogP contribution in [0.2, 0.25) is 10.0 Å². The van der Waals surface area contributed by atoms with E-state index in [0.29, 0.717) is 28.6 Å². The number of hydrogen-bond acceptors (Lipinski definition) is 4. The molecule has 1 N–H and O–H groups in total. The molecule has 2 aromatic carbocycles. The van der Waals surface area contributed by atoms with Crippen molar-refractivity contribution in [2.75, 3.05) is 24.1 Å². The van der Waals surface area contributed by atoms with Crippen LogP contribution >= 0.6 is 35.0 Å². The molecule has 1 amide bonds. The van der Waals surface area contributed by atoms with Crippen molar-refractivity contribution >= 4 is 56.6 Å². The molecular weight excluding hydrogens is 446 g/mol. The first-order valence-electron chi connectivity index (χ1n) is 8.28. The topological polar surface area (TPSA) is 66.5 Å². The van der Waals surface area contributed by atoms with E-state index in [4.69, 9.17) is 23.2 Å². The van der Waals surface area contributed by atoms with Gasteiger partial charge in [-0.25, -0.2) is 12.8 Å². The Labute approximate surface area is 178 Å². The molecule has 5 nitrogen and oxygen atoms in total. The third kappa shape index (κ3) is 6.01. The Morgan fingerprint density at radius 2 is 1.82 bits per heavy atom. The monoisotopic (exact) mass is 464 g/mol. The second kappa shape index (κ2) is 9.82. The summed E-state index contributed by atoms with van der Waals surface area (Å²) in [6.45, 7) is 2.50. The summed E-state index contributed by atoms with van der Waals surface area (Å²) in [5, 5.41) is 0.414. The van der Waals surface area contributed by atoms with Crippen LogP contribution in [-0.4, -0.2) is 38.6 Å². The average Bonchev–Trinajstić information content (AvgIpc) is 2.62. The normalized spacial score (nSPS) is 11.3. The van der Waals surface area contributed by atoms with E-state index in [9.17, 15) is 17.6 Å². The predicted octanol–water partition coefficient (Wildman–Crippen LogP) is 4.89. The first-order chi connectivity index (χ1) is 13.1. The molecule has 0 heterocycles. The largest absolute Gasteiger partial charge is 0.346 e. The molecule has 2 aromatic rings. The molecule has 0 unspecified atom stereocenters. The van der Waals surface area contributed by atoms with E-state index in [-0.39, 0.29) is 16.6 Å². The van der Waals surface area contributed by atoms with Crippen LogP contribution in [0.25, 0.3) is 0 Å². The van der Waals surface area contributed by atoms with Crippen molar-refractivity contribution in [3.8, 4) is 0 Å². The maximum atomic E-state index is 14.1. The van der Waals surface area contributed by atoms with E-state index in [1.165, 1.54) is 23.9 Å². The zero-order valence-corrected chi connectivity index (χ0v) is 18.4. The van der Waals surface area contributed by atoms with E-state index in [0.717, 1.165) is 12.1 Å². The molecule has 0 saturated carbocycles. The standard InChI is InChI=1S/C18H19Cl2FN2O3S2/c1-3-23(2)18(24)8-9-27-16-6-4-13(20)11-15(16)22-28(25,26)17-7-5-12(19)10-14(17)21/h4-7,10-11,22H,3,8-9H2,1-2H3. The number of rotatable bonds is 8. The van der Waals surface area contributed by atoms with Gasteiger partial charge in [-0.1, -0.05) is 23.2 Å². The number of nitrogens with zero attached hydrogens (tertiary/aromatic N) is 1. The zero-order valence-electron chi connectivity index (χ0n) is 15.2. The molecule has 0 aliphatic heterocycles. The minimum Gasteiger partial charge on any atom is -0.346 e. The summed E-state index contributed by atoms with van der Waals surface area (Å²) in [5.41, 5.74) is 0.211. The van der Waals surface area contributed by atoms with Gasteiger partial charge in [0.2, 0.25) is 5.91 Å². The van der Waals surface area contributed by atoms with Gasteiger partial charge in [-0.05, 0) is 43.3 Å². The SMILES string of the molecule is CCN(C)C(=O)CCSc1ccc(Cl)cc1NS(=O)(=O)c1ccc(Cl)cc1F. The van der Waals surface area contributed by atoms with Crippen LogP contribution in [0, 0.1) is 5.82 Å². The molecule has 0 atom stereocenters. The highest BCUT2D eigenvalue weighted by molar-refractivity contribution is 7.99. The Hall–Kier alpha value is -1.48. The van der Waals surface area contributed by atoms with E-state index in [2.05, 4.69) is 4.72 Å². The Morgan fingerprint density at radius 1 is 1.18 bits per heavy atom. The molecule has 0 aromatic heterocycles. The summed E-state index contributed by atoms with van der Waals surface area (Å²) < 4.78 is 41.6. The molecule has 0 aliphatic carbocycles. The van der Waals surface area contributed by atoms with Gasteiger partial charge in [0.15, 0.2) is 0 Å². The second-order valence-electron chi connectivity index (χ2n) is 5.83. The van der Waals surface area contributed by atoms with Gasteiger partial charge in [-0.3, -0.25) is 9.52 Å². The number of hydrogen-bond donors (Lipinski definition) is 1. The van der Waals surface area contributed by atoms with Crippen LogP contribution < -0.4 is 4.72 Å². The van der Waals surface area contributed by atoms with Gasteiger partial charge in [0, 0.05) is 40.7 Å². The summed E-state index contributed by atoms with van der Waals surface area (Å²) >= 11 is 13.0. The maximum absolute atomic E-state index is 14.1. The Balaban J connectivity index is 2.21. The van der Waals surface area contributed by atoms with Gasteiger partial charge < -0.3 is 4.90 Å². The number of amides is 1. The lowest BCUT2D eigenvalue weighted by Gasteiger charge is -2.15. The van der Waals surface area contributed by atoms with Gasteiger partial charge in [0.05, 0.1) is 5.69 Å².